The zero-order valence-electron chi connectivity index (χ0n) is 9.94. The van der Waals surface area contributed by atoms with Gasteiger partial charge >= 0.3 is 0 Å². The van der Waals surface area contributed by atoms with Crippen molar-refractivity contribution in [2.24, 2.45) is 5.73 Å². The fourth-order valence-electron chi connectivity index (χ4n) is 1.28. The summed E-state index contributed by atoms with van der Waals surface area (Å²) >= 11 is 0. The Morgan fingerprint density at radius 1 is 1.53 bits per heavy atom. The Bertz CT molecular complexity index is 425. The van der Waals surface area contributed by atoms with Crippen LogP contribution < -0.4 is 11.2 Å². The van der Waals surface area contributed by atoms with E-state index in [0.29, 0.717) is 17.0 Å². The van der Waals surface area contributed by atoms with Crippen LogP contribution in [0.4, 0.5) is 0 Å². The van der Waals surface area contributed by atoms with E-state index in [1.165, 1.54) is 0 Å². The Morgan fingerprint density at radius 2 is 2.18 bits per heavy atom. The van der Waals surface area contributed by atoms with Crippen molar-refractivity contribution in [2.45, 2.75) is 26.7 Å². The predicted octanol–water partition coefficient (Wildman–Crippen LogP) is 0.253. The van der Waals surface area contributed by atoms with E-state index in [0.717, 1.165) is 0 Å². The summed E-state index contributed by atoms with van der Waals surface area (Å²) in [6.07, 6.45) is 0. The normalized spacial score (nSPS) is 10.6. The molecule has 0 atom stereocenters. The molecule has 7 nitrogen and oxygen atoms in total. The van der Waals surface area contributed by atoms with Crippen LogP contribution >= 0.6 is 0 Å². The molecule has 1 rings (SSSR count). The number of carbonyl (C=O) groups excluding carboxylic acids is 2. The van der Waals surface area contributed by atoms with Crippen LogP contribution in [0.25, 0.3) is 0 Å². The summed E-state index contributed by atoms with van der Waals surface area (Å²) in [5, 5.41) is 3.72. The maximum atomic E-state index is 11.7. The largest absolute Gasteiger partial charge is 0.368 e. The second-order valence-corrected chi connectivity index (χ2v) is 3.85. The molecule has 0 fully saturated rings. The fraction of sp³-hybridized carbons (Fsp3) is 0.500. The fourth-order valence-corrected chi connectivity index (χ4v) is 1.28. The first-order valence-corrected chi connectivity index (χ1v) is 5.10. The first kappa shape index (κ1) is 13.2. The highest BCUT2D eigenvalue weighted by Gasteiger charge is 2.22. The summed E-state index contributed by atoms with van der Waals surface area (Å²) < 4.78 is 5.05. The number of hydrogen-bond donors (Lipinski definition) is 2. The molecule has 0 saturated carbocycles. The summed E-state index contributed by atoms with van der Waals surface area (Å²) in [6, 6.07) is 0. The molecule has 2 amide bonds. The Labute approximate surface area is 98.2 Å². The third-order valence-electron chi connectivity index (χ3n) is 2.02. The minimum absolute atomic E-state index is 0.0214. The van der Waals surface area contributed by atoms with Crippen LogP contribution in [0.3, 0.4) is 0 Å². The van der Waals surface area contributed by atoms with Crippen molar-refractivity contribution in [1.82, 2.24) is 10.6 Å². The standard InChI is InChI=1S/C10H15N3O4/c1-5(2)9-8(6(3)12-17-9)10(15)13-16-4-7(11)14/h5H,4H2,1-3H3,(H2,11,14)(H,13,15). The monoisotopic (exact) mass is 241 g/mol. The van der Waals surface area contributed by atoms with E-state index in [1.807, 2.05) is 13.8 Å². The molecule has 1 aromatic heterocycles. The van der Waals surface area contributed by atoms with Gasteiger partial charge < -0.3 is 10.3 Å². The van der Waals surface area contributed by atoms with Gasteiger partial charge in [0.25, 0.3) is 5.91 Å². The molecule has 0 bridgehead atoms. The lowest BCUT2D eigenvalue weighted by Gasteiger charge is -2.06. The van der Waals surface area contributed by atoms with Crippen LogP contribution in [-0.2, 0) is 9.63 Å². The van der Waals surface area contributed by atoms with Crippen LogP contribution in [0.2, 0.25) is 0 Å². The maximum Gasteiger partial charge on any atom is 0.280 e. The predicted molar refractivity (Wildman–Crippen MR) is 57.9 cm³/mol. The first-order valence-electron chi connectivity index (χ1n) is 5.10. The lowest BCUT2D eigenvalue weighted by atomic mass is 10.1. The van der Waals surface area contributed by atoms with Gasteiger partial charge in [0.1, 0.15) is 5.56 Å². The average Bonchev–Trinajstić information content (AvgIpc) is 2.59. The number of carbonyl (C=O) groups is 2. The quantitative estimate of drug-likeness (QED) is 0.718. The minimum atomic E-state index is -0.670. The number of nitrogens with two attached hydrogens (primary N) is 1. The van der Waals surface area contributed by atoms with Crippen molar-refractivity contribution < 1.29 is 18.9 Å². The average molecular weight is 241 g/mol. The van der Waals surface area contributed by atoms with Crippen molar-refractivity contribution in [3.05, 3.63) is 17.0 Å². The lowest BCUT2D eigenvalue weighted by Crippen LogP contribution is -2.30. The second-order valence-electron chi connectivity index (χ2n) is 3.85. The molecule has 0 aliphatic rings. The van der Waals surface area contributed by atoms with E-state index in [2.05, 4.69) is 15.5 Å². The van der Waals surface area contributed by atoms with E-state index >= 15 is 0 Å². The Hall–Kier alpha value is -1.89. The molecule has 1 heterocycles. The smallest absolute Gasteiger partial charge is 0.280 e. The third-order valence-corrected chi connectivity index (χ3v) is 2.02. The van der Waals surface area contributed by atoms with Crippen LogP contribution in [0.5, 0.6) is 0 Å². The molecule has 0 unspecified atom stereocenters. The zero-order chi connectivity index (χ0) is 13.0. The molecule has 0 radical (unpaired) electrons. The maximum absolute atomic E-state index is 11.7. The van der Waals surface area contributed by atoms with Crippen molar-refractivity contribution >= 4 is 11.8 Å². The van der Waals surface area contributed by atoms with Gasteiger partial charge in [0, 0.05) is 5.92 Å². The van der Waals surface area contributed by atoms with Crippen LogP contribution in [-0.4, -0.2) is 23.6 Å². The second kappa shape index (κ2) is 5.44. The van der Waals surface area contributed by atoms with Gasteiger partial charge in [-0.25, -0.2) is 5.48 Å². The molecule has 0 aliphatic carbocycles. The molecule has 0 saturated heterocycles. The van der Waals surface area contributed by atoms with Gasteiger partial charge in [0.05, 0.1) is 5.69 Å². The topological polar surface area (TPSA) is 107 Å². The highest BCUT2D eigenvalue weighted by Crippen LogP contribution is 2.21. The molecule has 7 heteroatoms. The molecule has 0 spiro atoms. The third kappa shape index (κ3) is 3.28. The van der Waals surface area contributed by atoms with E-state index in [1.54, 1.807) is 6.92 Å². The van der Waals surface area contributed by atoms with Crippen molar-refractivity contribution in [2.75, 3.05) is 6.61 Å². The Morgan fingerprint density at radius 3 is 2.71 bits per heavy atom. The Balaban J connectivity index is 2.74. The summed E-state index contributed by atoms with van der Waals surface area (Å²) in [5.74, 6) is -0.680. The summed E-state index contributed by atoms with van der Waals surface area (Å²) in [7, 11) is 0. The SMILES string of the molecule is Cc1noc(C(C)C)c1C(=O)NOCC(N)=O. The van der Waals surface area contributed by atoms with E-state index in [9.17, 15) is 9.59 Å². The van der Waals surface area contributed by atoms with Crippen LogP contribution in [0, 0.1) is 6.92 Å². The number of aryl methyl sites for hydroxylation is 1. The van der Waals surface area contributed by atoms with Gasteiger partial charge in [-0.3, -0.25) is 14.4 Å². The van der Waals surface area contributed by atoms with Gasteiger partial charge in [0.15, 0.2) is 12.4 Å². The van der Waals surface area contributed by atoms with Crippen LogP contribution in [0.1, 0.15) is 41.6 Å². The Kier molecular flexibility index (Phi) is 4.22. The highest BCUT2D eigenvalue weighted by atomic mass is 16.7. The van der Waals surface area contributed by atoms with Crippen molar-refractivity contribution in [1.29, 1.82) is 0 Å². The number of aromatic nitrogens is 1. The van der Waals surface area contributed by atoms with Crippen LogP contribution in [0.15, 0.2) is 4.52 Å². The number of primary amides is 1. The number of rotatable bonds is 5. The summed E-state index contributed by atoms with van der Waals surface area (Å²) in [5.41, 5.74) is 7.76. The molecule has 1 aromatic rings. The molecule has 0 aliphatic heterocycles. The van der Waals surface area contributed by atoms with E-state index in [-0.39, 0.29) is 12.5 Å². The molecular weight excluding hydrogens is 226 g/mol. The number of hydroxylamine groups is 1. The number of nitrogens with zero attached hydrogens (tertiary/aromatic N) is 1. The van der Waals surface area contributed by atoms with Gasteiger partial charge in [-0.2, -0.15) is 0 Å². The summed E-state index contributed by atoms with van der Waals surface area (Å²) in [6.45, 7) is 5.02. The van der Waals surface area contributed by atoms with Gasteiger partial charge in [0.2, 0.25) is 5.91 Å². The van der Waals surface area contributed by atoms with E-state index < -0.39 is 11.8 Å². The van der Waals surface area contributed by atoms with Gasteiger partial charge in [-0.1, -0.05) is 19.0 Å². The molecular formula is C10H15N3O4. The van der Waals surface area contributed by atoms with Crippen molar-refractivity contribution in [3.8, 4) is 0 Å². The van der Waals surface area contributed by atoms with Gasteiger partial charge in [-0.15, -0.1) is 0 Å². The molecule has 0 aromatic carbocycles. The number of hydrogen-bond acceptors (Lipinski definition) is 5. The minimum Gasteiger partial charge on any atom is -0.368 e. The highest BCUT2D eigenvalue weighted by molar-refractivity contribution is 5.95. The van der Waals surface area contributed by atoms with Crippen molar-refractivity contribution in [3.63, 3.8) is 0 Å². The molecule has 3 N–H and O–H groups in total. The molecule has 94 valence electrons. The summed E-state index contributed by atoms with van der Waals surface area (Å²) in [4.78, 5) is 26.8. The number of nitrogens with one attached hydrogen (secondary N) is 1. The molecule has 17 heavy (non-hydrogen) atoms. The number of amides is 2. The lowest BCUT2D eigenvalue weighted by molar-refractivity contribution is -0.124. The van der Waals surface area contributed by atoms with Gasteiger partial charge in [-0.05, 0) is 6.92 Å². The zero-order valence-corrected chi connectivity index (χ0v) is 9.94. The first-order chi connectivity index (χ1) is 7.93. The van der Waals surface area contributed by atoms with E-state index in [4.69, 9.17) is 10.3 Å².